The van der Waals surface area contributed by atoms with Crippen molar-refractivity contribution >= 4 is 23.0 Å². The molecule has 3 N–H and O–H groups in total. The molecule has 1 fully saturated rings. The summed E-state index contributed by atoms with van der Waals surface area (Å²) in [6, 6.07) is 6.55. The maximum absolute atomic E-state index is 12.8. The summed E-state index contributed by atoms with van der Waals surface area (Å²) in [5.41, 5.74) is 3.53. The lowest BCUT2D eigenvalue weighted by atomic mass is 10.2. The normalized spacial score (nSPS) is 15.9. The van der Waals surface area contributed by atoms with E-state index in [0.29, 0.717) is 5.11 Å². The highest BCUT2D eigenvalue weighted by atomic mass is 32.1. The standard InChI is InChI=1S/C11H15FN4S/c12-9-1-3-10(4-2-9)15-5-7-16(8-6-15)11(17)14-13/h1-4H,5-8,13H2,(H,14,17). The van der Waals surface area contributed by atoms with Gasteiger partial charge in [0.05, 0.1) is 0 Å². The molecule has 0 radical (unpaired) electrons. The number of thiocarbonyl (C=S) groups is 1. The summed E-state index contributed by atoms with van der Waals surface area (Å²) in [7, 11) is 0. The minimum absolute atomic E-state index is 0.208. The van der Waals surface area contributed by atoms with E-state index < -0.39 is 0 Å². The summed E-state index contributed by atoms with van der Waals surface area (Å²) >= 11 is 5.07. The average Bonchev–Trinajstić information content (AvgIpc) is 2.39. The van der Waals surface area contributed by atoms with E-state index in [4.69, 9.17) is 18.1 Å². The Bertz CT molecular complexity index is 387. The molecule has 1 aromatic carbocycles. The first-order valence-corrected chi connectivity index (χ1v) is 5.87. The molecule has 0 amide bonds. The largest absolute Gasteiger partial charge is 0.368 e. The van der Waals surface area contributed by atoms with E-state index in [1.807, 2.05) is 4.90 Å². The van der Waals surface area contributed by atoms with Crippen LogP contribution in [-0.4, -0.2) is 36.2 Å². The molecule has 0 aromatic heterocycles. The van der Waals surface area contributed by atoms with Crippen LogP contribution in [0.4, 0.5) is 10.1 Å². The van der Waals surface area contributed by atoms with Crippen molar-refractivity contribution in [3.05, 3.63) is 30.1 Å². The van der Waals surface area contributed by atoms with Crippen molar-refractivity contribution < 1.29 is 4.39 Å². The molecule has 1 aliphatic rings. The minimum atomic E-state index is -0.208. The van der Waals surface area contributed by atoms with Crippen LogP contribution < -0.4 is 16.2 Å². The van der Waals surface area contributed by atoms with Crippen molar-refractivity contribution in [1.29, 1.82) is 0 Å². The lowest BCUT2D eigenvalue weighted by Crippen LogP contribution is -2.53. The summed E-state index contributed by atoms with van der Waals surface area (Å²) in [4.78, 5) is 4.23. The van der Waals surface area contributed by atoms with Crippen molar-refractivity contribution in [3.63, 3.8) is 0 Å². The maximum atomic E-state index is 12.8. The molecule has 92 valence electrons. The number of halogens is 1. The number of benzene rings is 1. The van der Waals surface area contributed by atoms with Gasteiger partial charge in [0.25, 0.3) is 0 Å². The van der Waals surface area contributed by atoms with Gasteiger partial charge in [-0.1, -0.05) is 0 Å². The maximum Gasteiger partial charge on any atom is 0.183 e. The average molecular weight is 254 g/mol. The predicted octanol–water partition coefficient (Wildman–Crippen LogP) is 0.696. The fraction of sp³-hybridized carbons (Fsp3) is 0.364. The first-order valence-electron chi connectivity index (χ1n) is 5.47. The van der Waals surface area contributed by atoms with E-state index in [2.05, 4.69) is 10.3 Å². The van der Waals surface area contributed by atoms with Crippen LogP contribution in [0.25, 0.3) is 0 Å². The van der Waals surface area contributed by atoms with Crippen molar-refractivity contribution in [1.82, 2.24) is 10.3 Å². The Balaban J connectivity index is 1.95. The molecular formula is C11H15FN4S. The van der Waals surface area contributed by atoms with Crippen molar-refractivity contribution in [2.24, 2.45) is 5.84 Å². The number of rotatable bonds is 1. The second-order valence-electron chi connectivity index (χ2n) is 3.90. The topological polar surface area (TPSA) is 44.5 Å². The number of nitrogens with two attached hydrogens (primary N) is 1. The van der Waals surface area contributed by atoms with Crippen LogP contribution in [0.5, 0.6) is 0 Å². The van der Waals surface area contributed by atoms with Crippen molar-refractivity contribution in [3.8, 4) is 0 Å². The Kier molecular flexibility index (Phi) is 3.75. The van der Waals surface area contributed by atoms with Crippen LogP contribution >= 0.6 is 12.2 Å². The van der Waals surface area contributed by atoms with E-state index in [1.54, 1.807) is 12.1 Å². The first-order chi connectivity index (χ1) is 8.20. The quantitative estimate of drug-likeness (QED) is 0.439. The van der Waals surface area contributed by atoms with Gasteiger partial charge in [0, 0.05) is 31.9 Å². The molecule has 1 saturated heterocycles. The van der Waals surface area contributed by atoms with Gasteiger partial charge in [0.15, 0.2) is 5.11 Å². The van der Waals surface area contributed by atoms with Crippen LogP contribution in [0.3, 0.4) is 0 Å². The number of hydrogen-bond donors (Lipinski definition) is 2. The monoisotopic (exact) mass is 254 g/mol. The fourth-order valence-corrected chi connectivity index (χ4v) is 2.09. The molecular weight excluding hydrogens is 239 g/mol. The van der Waals surface area contributed by atoms with Gasteiger partial charge in [0.1, 0.15) is 5.82 Å². The molecule has 1 aromatic rings. The van der Waals surface area contributed by atoms with Gasteiger partial charge < -0.3 is 15.2 Å². The summed E-state index contributed by atoms with van der Waals surface area (Å²) < 4.78 is 12.8. The first kappa shape index (κ1) is 12.1. The number of hydrogen-bond acceptors (Lipinski definition) is 3. The number of nitrogens with zero attached hydrogens (tertiary/aromatic N) is 2. The van der Waals surface area contributed by atoms with Crippen LogP contribution in [0, 0.1) is 5.82 Å². The van der Waals surface area contributed by atoms with Crippen molar-refractivity contribution in [2.75, 3.05) is 31.1 Å². The highest BCUT2D eigenvalue weighted by Crippen LogP contribution is 2.16. The fourth-order valence-electron chi connectivity index (χ4n) is 1.91. The van der Waals surface area contributed by atoms with Crippen LogP contribution in [-0.2, 0) is 0 Å². The third kappa shape index (κ3) is 2.83. The highest BCUT2D eigenvalue weighted by Gasteiger charge is 2.18. The van der Waals surface area contributed by atoms with E-state index >= 15 is 0 Å². The summed E-state index contributed by atoms with van der Waals surface area (Å²) in [6.07, 6.45) is 0. The summed E-state index contributed by atoms with van der Waals surface area (Å²) in [6.45, 7) is 3.35. The molecule has 1 heterocycles. The number of anilines is 1. The third-order valence-corrected chi connectivity index (χ3v) is 3.26. The van der Waals surface area contributed by atoms with E-state index in [0.717, 1.165) is 31.9 Å². The molecule has 4 nitrogen and oxygen atoms in total. The Labute approximate surface area is 105 Å². The Hall–Kier alpha value is -1.40. The highest BCUT2D eigenvalue weighted by molar-refractivity contribution is 7.80. The van der Waals surface area contributed by atoms with E-state index in [9.17, 15) is 4.39 Å². The van der Waals surface area contributed by atoms with Crippen LogP contribution in [0.15, 0.2) is 24.3 Å². The molecule has 0 saturated carbocycles. The van der Waals surface area contributed by atoms with Crippen LogP contribution in [0.1, 0.15) is 0 Å². The number of nitrogens with one attached hydrogen (secondary N) is 1. The van der Waals surface area contributed by atoms with Gasteiger partial charge in [0.2, 0.25) is 0 Å². The molecule has 1 aliphatic heterocycles. The predicted molar refractivity (Wildman–Crippen MR) is 70.1 cm³/mol. The third-order valence-electron chi connectivity index (χ3n) is 2.88. The molecule has 0 atom stereocenters. The number of piperazine rings is 1. The van der Waals surface area contributed by atoms with Crippen LogP contribution in [0.2, 0.25) is 0 Å². The molecule has 6 heteroatoms. The lowest BCUT2D eigenvalue weighted by molar-refractivity contribution is 0.381. The number of hydrazine groups is 1. The van der Waals surface area contributed by atoms with Gasteiger partial charge in [-0.15, -0.1) is 0 Å². The Morgan fingerprint density at radius 1 is 1.18 bits per heavy atom. The zero-order valence-electron chi connectivity index (χ0n) is 9.40. The summed E-state index contributed by atoms with van der Waals surface area (Å²) in [5, 5.41) is 0.573. The molecule has 2 rings (SSSR count). The minimum Gasteiger partial charge on any atom is -0.368 e. The lowest BCUT2D eigenvalue weighted by Gasteiger charge is -2.37. The second-order valence-corrected chi connectivity index (χ2v) is 4.29. The Morgan fingerprint density at radius 2 is 1.76 bits per heavy atom. The molecule has 0 bridgehead atoms. The van der Waals surface area contributed by atoms with E-state index in [1.165, 1.54) is 12.1 Å². The molecule has 0 aliphatic carbocycles. The zero-order valence-corrected chi connectivity index (χ0v) is 10.2. The molecule has 17 heavy (non-hydrogen) atoms. The van der Waals surface area contributed by atoms with Gasteiger partial charge in [-0.2, -0.15) is 0 Å². The Morgan fingerprint density at radius 3 is 2.29 bits per heavy atom. The van der Waals surface area contributed by atoms with Gasteiger partial charge in [-0.25, -0.2) is 10.2 Å². The van der Waals surface area contributed by atoms with Gasteiger partial charge >= 0.3 is 0 Å². The van der Waals surface area contributed by atoms with Gasteiger partial charge in [-0.3, -0.25) is 0 Å². The summed E-state index contributed by atoms with van der Waals surface area (Å²) in [5.74, 6) is 5.07. The zero-order chi connectivity index (χ0) is 12.3. The molecule has 0 spiro atoms. The van der Waals surface area contributed by atoms with Gasteiger partial charge in [-0.05, 0) is 36.5 Å². The van der Waals surface area contributed by atoms with E-state index in [-0.39, 0.29) is 5.82 Å². The van der Waals surface area contributed by atoms with Crippen molar-refractivity contribution in [2.45, 2.75) is 0 Å². The molecule has 0 unspecified atom stereocenters. The second kappa shape index (κ2) is 5.29. The SMILES string of the molecule is NNC(=S)N1CCN(c2ccc(F)cc2)CC1. The smallest absolute Gasteiger partial charge is 0.183 e.